The number of hydrogen-bond acceptors (Lipinski definition) is 4. The third kappa shape index (κ3) is 4.83. The first-order valence-electron chi connectivity index (χ1n) is 7.63. The molecule has 2 rings (SSSR count). The highest BCUT2D eigenvalue weighted by molar-refractivity contribution is 7.92. The van der Waals surface area contributed by atoms with Crippen molar-refractivity contribution in [2.75, 3.05) is 19.4 Å². The largest absolute Gasteiger partial charge is 0.491 e. The average molecular weight is 347 g/mol. The van der Waals surface area contributed by atoms with Gasteiger partial charge >= 0.3 is 0 Å². The summed E-state index contributed by atoms with van der Waals surface area (Å²) in [6, 6.07) is 17.5. The molecule has 1 N–H and O–H groups in total. The summed E-state index contributed by atoms with van der Waals surface area (Å²) in [6.07, 6.45) is 1.05. The zero-order valence-electron chi connectivity index (χ0n) is 13.7. The van der Waals surface area contributed by atoms with E-state index >= 15 is 0 Å². The van der Waals surface area contributed by atoms with Crippen LogP contribution < -0.4 is 10.1 Å². The number of carbonyl (C=O) groups excluding carboxylic acids is 1. The Bertz CT molecular complexity index is 788. The molecule has 0 heterocycles. The molecule has 1 amide bonds. The fourth-order valence-corrected chi connectivity index (χ4v) is 2.59. The summed E-state index contributed by atoms with van der Waals surface area (Å²) in [7, 11) is -3.39. The van der Waals surface area contributed by atoms with E-state index in [-0.39, 0.29) is 13.2 Å². The number of carbonyl (C=O) groups is 1. The lowest BCUT2D eigenvalue weighted by Crippen LogP contribution is -2.39. The van der Waals surface area contributed by atoms with Crippen molar-refractivity contribution in [3.63, 3.8) is 0 Å². The summed E-state index contributed by atoms with van der Waals surface area (Å²) in [5, 5.41) is 1.51. The SMILES string of the molecule is CC(C(=O)NCCOc1ccccc1-c1ccccc1)S(C)(=O)=O. The Hall–Kier alpha value is -2.34. The molecule has 0 aliphatic heterocycles. The molecule has 0 aliphatic carbocycles. The summed E-state index contributed by atoms with van der Waals surface area (Å²) >= 11 is 0. The van der Waals surface area contributed by atoms with E-state index in [1.165, 1.54) is 6.92 Å². The van der Waals surface area contributed by atoms with Gasteiger partial charge in [-0.3, -0.25) is 4.79 Å². The maximum Gasteiger partial charge on any atom is 0.238 e. The van der Waals surface area contributed by atoms with Crippen molar-refractivity contribution >= 4 is 15.7 Å². The summed E-state index contributed by atoms with van der Waals surface area (Å²) in [6.45, 7) is 1.87. The number of benzene rings is 2. The topological polar surface area (TPSA) is 72.5 Å². The molecule has 1 atom stereocenters. The van der Waals surface area contributed by atoms with Crippen LogP contribution >= 0.6 is 0 Å². The van der Waals surface area contributed by atoms with Crippen LogP contribution in [0.4, 0.5) is 0 Å². The van der Waals surface area contributed by atoms with E-state index in [4.69, 9.17) is 4.74 Å². The smallest absolute Gasteiger partial charge is 0.238 e. The van der Waals surface area contributed by atoms with Crippen LogP contribution in [0.2, 0.25) is 0 Å². The predicted octanol–water partition coefficient (Wildman–Crippen LogP) is 2.28. The maximum absolute atomic E-state index is 11.7. The Morgan fingerprint density at radius 1 is 1.08 bits per heavy atom. The van der Waals surface area contributed by atoms with Crippen molar-refractivity contribution in [3.05, 3.63) is 54.6 Å². The molecule has 24 heavy (non-hydrogen) atoms. The van der Waals surface area contributed by atoms with E-state index in [0.29, 0.717) is 5.75 Å². The van der Waals surface area contributed by atoms with Gasteiger partial charge in [0.05, 0.1) is 6.54 Å². The highest BCUT2D eigenvalue weighted by atomic mass is 32.2. The minimum Gasteiger partial charge on any atom is -0.491 e. The van der Waals surface area contributed by atoms with E-state index in [0.717, 1.165) is 17.4 Å². The van der Waals surface area contributed by atoms with Crippen molar-refractivity contribution in [2.24, 2.45) is 0 Å². The van der Waals surface area contributed by atoms with Crippen LogP contribution in [0.5, 0.6) is 5.75 Å². The minimum absolute atomic E-state index is 0.238. The third-order valence-corrected chi connectivity index (χ3v) is 5.14. The van der Waals surface area contributed by atoms with Gasteiger partial charge in [0.25, 0.3) is 0 Å². The lowest BCUT2D eigenvalue weighted by Gasteiger charge is -2.13. The van der Waals surface area contributed by atoms with Crippen LogP contribution in [0.1, 0.15) is 6.92 Å². The lowest BCUT2D eigenvalue weighted by molar-refractivity contribution is -0.120. The number of ether oxygens (including phenoxy) is 1. The molecule has 5 nitrogen and oxygen atoms in total. The third-order valence-electron chi connectivity index (χ3n) is 3.64. The zero-order chi connectivity index (χ0) is 17.6. The summed E-state index contributed by atoms with van der Waals surface area (Å²) in [5.41, 5.74) is 2.01. The van der Waals surface area contributed by atoms with Gasteiger partial charge in [0.2, 0.25) is 5.91 Å². The van der Waals surface area contributed by atoms with Crippen LogP contribution in [-0.2, 0) is 14.6 Å². The molecule has 0 radical (unpaired) electrons. The molecular formula is C18H21NO4S. The van der Waals surface area contributed by atoms with Gasteiger partial charge in [-0.05, 0) is 18.6 Å². The van der Waals surface area contributed by atoms with Gasteiger partial charge in [-0.25, -0.2) is 8.42 Å². The predicted molar refractivity (Wildman–Crippen MR) is 94.7 cm³/mol. The number of hydrogen-bond donors (Lipinski definition) is 1. The first-order valence-corrected chi connectivity index (χ1v) is 9.59. The second-order valence-electron chi connectivity index (χ2n) is 5.47. The lowest BCUT2D eigenvalue weighted by atomic mass is 10.1. The molecule has 2 aromatic rings. The van der Waals surface area contributed by atoms with Gasteiger partial charge in [-0.1, -0.05) is 48.5 Å². The van der Waals surface area contributed by atoms with Gasteiger partial charge in [-0.2, -0.15) is 0 Å². The van der Waals surface area contributed by atoms with Crippen molar-refractivity contribution in [1.29, 1.82) is 0 Å². The number of para-hydroxylation sites is 1. The first kappa shape index (κ1) is 18.0. The van der Waals surface area contributed by atoms with Crippen molar-refractivity contribution in [1.82, 2.24) is 5.32 Å². The standard InChI is InChI=1S/C18H21NO4S/c1-14(24(2,21)22)18(20)19-12-13-23-17-11-7-6-10-16(17)15-8-4-3-5-9-15/h3-11,14H,12-13H2,1-2H3,(H,19,20). The zero-order valence-corrected chi connectivity index (χ0v) is 14.5. The Balaban J connectivity index is 1.93. The molecule has 6 heteroatoms. The fraction of sp³-hybridized carbons (Fsp3) is 0.278. The van der Waals surface area contributed by atoms with Crippen molar-refractivity contribution in [3.8, 4) is 16.9 Å². The van der Waals surface area contributed by atoms with Crippen LogP contribution in [0.3, 0.4) is 0 Å². The number of nitrogens with one attached hydrogen (secondary N) is 1. The highest BCUT2D eigenvalue weighted by Gasteiger charge is 2.22. The Morgan fingerprint density at radius 3 is 2.38 bits per heavy atom. The molecule has 0 aromatic heterocycles. The normalized spacial score (nSPS) is 12.4. The van der Waals surface area contributed by atoms with E-state index in [1.807, 2.05) is 54.6 Å². The van der Waals surface area contributed by atoms with Gasteiger partial charge in [0, 0.05) is 11.8 Å². The van der Waals surface area contributed by atoms with E-state index < -0.39 is 21.0 Å². The van der Waals surface area contributed by atoms with E-state index in [2.05, 4.69) is 5.32 Å². The Kier molecular flexibility index (Phi) is 5.98. The molecule has 0 aliphatic rings. The van der Waals surface area contributed by atoms with Crippen molar-refractivity contribution < 1.29 is 17.9 Å². The molecular weight excluding hydrogens is 326 g/mol. The molecule has 128 valence electrons. The highest BCUT2D eigenvalue weighted by Crippen LogP contribution is 2.29. The second kappa shape index (κ2) is 7.97. The van der Waals surface area contributed by atoms with Crippen LogP contribution in [0.15, 0.2) is 54.6 Å². The van der Waals surface area contributed by atoms with Gasteiger partial charge in [-0.15, -0.1) is 0 Å². The molecule has 0 saturated heterocycles. The summed E-state index contributed by atoms with van der Waals surface area (Å²) < 4.78 is 28.4. The summed E-state index contributed by atoms with van der Waals surface area (Å²) in [4.78, 5) is 11.7. The van der Waals surface area contributed by atoms with Gasteiger partial charge < -0.3 is 10.1 Å². The van der Waals surface area contributed by atoms with Gasteiger partial charge in [0.15, 0.2) is 9.84 Å². The van der Waals surface area contributed by atoms with Crippen LogP contribution in [-0.4, -0.2) is 39.0 Å². The molecule has 2 aromatic carbocycles. The van der Waals surface area contributed by atoms with E-state index in [9.17, 15) is 13.2 Å². The first-order chi connectivity index (χ1) is 11.4. The Labute approximate surface area is 142 Å². The maximum atomic E-state index is 11.7. The summed E-state index contributed by atoms with van der Waals surface area (Å²) in [5.74, 6) is 0.201. The number of rotatable bonds is 7. The fourth-order valence-electron chi connectivity index (χ4n) is 2.12. The second-order valence-corrected chi connectivity index (χ2v) is 7.84. The number of amides is 1. The number of sulfone groups is 1. The van der Waals surface area contributed by atoms with Crippen molar-refractivity contribution in [2.45, 2.75) is 12.2 Å². The van der Waals surface area contributed by atoms with Crippen LogP contribution in [0, 0.1) is 0 Å². The molecule has 0 bridgehead atoms. The Morgan fingerprint density at radius 2 is 1.71 bits per heavy atom. The minimum atomic E-state index is -3.39. The molecule has 0 fully saturated rings. The quantitative estimate of drug-likeness (QED) is 0.780. The molecule has 1 unspecified atom stereocenters. The van der Waals surface area contributed by atoms with E-state index in [1.54, 1.807) is 0 Å². The average Bonchev–Trinajstić information content (AvgIpc) is 2.58. The van der Waals surface area contributed by atoms with Gasteiger partial charge in [0.1, 0.15) is 17.6 Å². The monoisotopic (exact) mass is 347 g/mol. The van der Waals surface area contributed by atoms with Crippen LogP contribution in [0.25, 0.3) is 11.1 Å². The molecule has 0 saturated carbocycles. The molecule has 0 spiro atoms.